The fraction of sp³-hybridized carbons (Fsp3) is 0.0769. The number of hydrogen-bond acceptors (Lipinski definition) is 6. The molecule has 0 aliphatic carbocycles. The molecule has 118 valence electrons. The second-order valence-corrected chi connectivity index (χ2v) is 6.93. The molecular weight excluding hydrogens is 376 g/mol. The maximum Gasteiger partial charge on any atom is 1.00 e. The van der Waals surface area contributed by atoms with E-state index in [2.05, 4.69) is 8.91 Å². The summed E-state index contributed by atoms with van der Waals surface area (Å²) in [4.78, 5) is -0.0575. The van der Waals surface area contributed by atoms with Crippen LogP contribution in [0.1, 0.15) is 5.56 Å². The maximum atomic E-state index is 12.2. The van der Waals surface area contributed by atoms with Gasteiger partial charge >= 0.3 is 59.1 Å². The second-order valence-electron chi connectivity index (χ2n) is 4.34. The van der Waals surface area contributed by atoms with E-state index in [0.29, 0.717) is 0 Å². The SMILES string of the molecule is Cc1ccc(S(=O)(=O)[N-]c2ccccc2OS(=O)(=O)[O-])cc1.[Na+].[Na+]. The molecule has 2 aromatic rings. The molecule has 11 heteroatoms. The van der Waals surface area contributed by atoms with E-state index >= 15 is 0 Å². The van der Waals surface area contributed by atoms with Crippen LogP contribution in [-0.4, -0.2) is 21.4 Å². The van der Waals surface area contributed by atoms with E-state index in [1.54, 1.807) is 19.1 Å². The Balaban J connectivity index is 0.00000264. The summed E-state index contributed by atoms with van der Waals surface area (Å²) in [7, 11) is -9.09. The van der Waals surface area contributed by atoms with Gasteiger partial charge in [-0.15, -0.1) is 0 Å². The Kier molecular flexibility index (Phi) is 9.52. The average Bonchev–Trinajstić information content (AvgIpc) is 2.39. The Hall–Kier alpha value is -0.1000. The average molecular weight is 387 g/mol. The van der Waals surface area contributed by atoms with Gasteiger partial charge in [0.25, 0.3) is 10.4 Å². The van der Waals surface area contributed by atoms with Gasteiger partial charge in [0.2, 0.25) is 0 Å². The summed E-state index contributed by atoms with van der Waals surface area (Å²) in [5.41, 5.74) is 0.600. The van der Waals surface area contributed by atoms with Crippen molar-refractivity contribution in [2.75, 3.05) is 0 Å². The van der Waals surface area contributed by atoms with Gasteiger partial charge in [0.1, 0.15) is 15.8 Å². The van der Waals surface area contributed by atoms with Crippen LogP contribution < -0.4 is 63.3 Å². The van der Waals surface area contributed by atoms with Crippen LogP contribution in [-0.2, 0) is 20.4 Å². The maximum absolute atomic E-state index is 12.2. The fourth-order valence-electron chi connectivity index (χ4n) is 1.61. The molecule has 0 bridgehead atoms. The van der Waals surface area contributed by atoms with Gasteiger partial charge in [-0.25, -0.2) is 16.8 Å². The summed E-state index contributed by atoms with van der Waals surface area (Å²) in [5.74, 6) is -0.451. The normalized spacial score (nSPS) is 10.9. The molecule has 7 nitrogen and oxygen atoms in total. The minimum atomic E-state index is -5.03. The van der Waals surface area contributed by atoms with E-state index in [4.69, 9.17) is 0 Å². The molecule has 0 atom stereocenters. The number of sulfonamides is 1. The zero-order valence-corrected chi connectivity index (χ0v) is 19.0. The predicted octanol–water partition coefficient (Wildman–Crippen LogP) is -3.76. The molecule has 0 saturated heterocycles. The number of para-hydroxylation sites is 1. The first-order valence-electron chi connectivity index (χ1n) is 5.96. The van der Waals surface area contributed by atoms with Crippen LogP contribution in [0.2, 0.25) is 0 Å². The molecule has 2 aromatic carbocycles. The van der Waals surface area contributed by atoms with Crippen LogP contribution in [0.3, 0.4) is 0 Å². The van der Waals surface area contributed by atoms with E-state index in [-0.39, 0.29) is 69.7 Å². The van der Waals surface area contributed by atoms with Gasteiger partial charge in [0.15, 0.2) is 0 Å². The fourth-order valence-corrected chi connectivity index (χ4v) is 2.96. The molecule has 24 heavy (non-hydrogen) atoms. The van der Waals surface area contributed by atoms with Crippen LogP contribution in [0.15, 0.2) is 53.4 Å². The largest absolute Gasteiger partial charge is 1.00 e. The Morgan fingerprint density at radius 1 is 0.917 bits per heavy atom. The van der Waals surface area contributed by atoms with Crippen molar-refractivity contribution in [2.45, 2.75) is 11.8 Å². The molecule has 0 amide bonds. The molecule has 0 aromatic heterocycles. The molecule has 0 aliphatic rings. The van der Waals surface area contributed by atoms with Crippen molar-refractivity contribution in [3.8, 4) is 5.75 Å². The van der Waals surface area contributed by atoms with Crippen molar-refractivity contribution >= 4 is 26.1 Å². The summed E-state index contributed by atoms with van der Waals surface area (Å²) in [5, 5.41) is 0. The molecule has 0 fully saturated rings. The zero-order valence-electron chi connectivity index (χ0n) is 13.3. The van der Waals surface area contributed by atoms with Gasteiger partial charge < -0.3 is 13.5 Å². The van der Waals surface area contributed by atoms with Crippen molar-refractivity contribution in [1.29, 1.82) is 0 Å². The summed E-state index contributed by atoms with van der Waals surface area (Å²) in [6.07, 6.45) is 0. The van der Waals surface area contributed by atoms with E-state index < -0.39 is 26.2 Å². The minimum Gasteiger partial charge on any atom is -0.716 e. The monoisotopic (exact) mass is 387 g/mol. The van der Waals surface area contributed by atoms with Crippen molar-refractivity contribution in [2.24, 2.45) is 0 Å². The van der Waals surface area contributed by atoms with Crippen molar-refractivity contribution in [3.63, 3.8) is 0 Å². The van der Waals surface area contributed by atoms with Gasteiger partial charge in [0.05, 0.1) is 4.90 Å². The molecule has 2 rings (SSSR count). The smallest absolute Gasteiger partial charge is 0.716 e. The molecule has 0 spiro atoms. The van der Waals surface area contributed by atoms with E-state index in [9.17, 15) is 21.4 Å². The van der Waals surface area contributed by atoms with Gasteiger partial charge in [0, 0.05) is 0 Å². The zero-order chi connectivity index (χ0) is 16.4. The third kappa shape index (κ3) is 7.03. The molecule has 0 N–H and O–H groups in total. The van der Waals surface area contributed by atoms with Gasteiger partial charge in [-0.1, -0.05) is 41.6 Å². The van der Waals surface area contributed by atoms with Crippen LogP contribution in [0.4, 0.5) is 5.69 Å². The third-order valence-electron chi connectivity index (χ3n) is 2.59. The number of rotatable bonds is 5. The Morgan fingerprint density at radius 3 is 2.00 bits per heavy atom. The number of benzene rings is 2. The summed E-state index contributed by atoms with van der Waals surface area (Å²) in [6.45, 7) is 1.80. The Bertz CT molecular complexity index is 883. The van der Waals surface area contributed by atoms with E-state index in [1.807, 2.05) is 0 Å². The van der Waals surface area contributed by atoms with Crippen LogP contribution in [0.25, 0.3) is 4.72 Å². The van der Waals surface area contributed by atoms with Crippen molar-refractivity contribution in [1.82, 2.24) is 0 Å². The van der Waals surface area contributed by atoms with Crippen LogP contribution in [0, 0.1) is 6.92 Å². The van der Waals surface area contributed by atoms with E-state index in [0.717, 1.165) is 11.6 Å². The molecule has 0 radical (unpaired) electrons. The van der Waals surface area contributed by atoms with Crippen LogP contribution >= 0.6 is 0 Å². The number of nitrogens with zero attached hydrogens (tertiary/aromatic N) is 1. The molecule has 0 heterocycles. The second kappa shape index (κ2) is 9.56. The van der Waals surface area contributed by atoms with Gasteiger partial charge in [-0.3, -0.25) is 0 Å². The Labute approximate surface area is 185 Å². The van der Waals surface area contributed by atoms with Crippen LogP contribution in [0.5, 0.6) is 5.75 Å². The molecular formula is C13H11NNa2O6S2. The first kappa shape index (κ1) is 23.9. The van der Waals surface area contributed by atoms with Gasteiger partial charge in [-0.2, -0.15) is 0 Å². The molecule has 0 saturated carbocycles. The first-order chi connectivity index (χ1) is 10.2. The summed E-state index contributed by atoms with van der Waals surface area (Å²) >= 11 is 0. The standard InChI is InChI=1S/C13H12NO6S2.2Na/c1-10-6-8-11(9-7-10)21(15,16)14-12-4-2-3-5-13(12)20-22(17,18)19;;/h2-9H,1H3,(H,17,18,19);;/q-1;2*+1/p-1. The predicted molar refractivity (Wildman–Crippen MR) is 78.2 cm³/mol. The summed E-state index contributed by atoms with van der Waals surface area (Å²) < 4.78 is 64.0. The number of hydrogen-bond donors (Lipinski definition) is 0. The first-order valence-corrected chi connectivity index (χ1v) is 8.74. The Morgan fingerprint density at radius 2 is 1.46 bits per heavy atom. The molecule has 0 aliphatic heterocycles. The van der Waals surface area contributed by atoms with Gasteiger partial charge in [-0.05, 0) is 25.1 Å². The third-order valence-corrected chi connectivity index (χ3v) is 4.28. The van der Waals surface area contributed by atoms with Crippen molar-refractivity contribution < 1.29 is 84.7 Å². The summed E-state index contributed by atoms with van der Waals surface area (Å²) in [6, 6.07) is 11.2. The number of aryl methyl sites for hydroxylation is 1. The van der Waals surface area contributed by atoms with E-state index in [1.165, 1.54) is 30.3 Å². The molecule has 0 unspecified atom stereocenters. The van der Waals surface area contributed by atoms with Crippen molar-refractivity contribution in [3.05, 3.63) is 58.8 Å². The quantitative estimate of drug-likeness (QED) is 0.296. The minimum absolute atomic E-state index is 0. The topological polar surface area (TPSA) is 115 Å².